The van der Waals surface area contributed by atoms with Crippen LogP contribution >= 0.6 is 0 Å². The van der Waals surface area contributed by atoms with Crippen LogP contribution in [0.15, 0.2) is 54.6 Å². The van der Waals surface area contributed by atoms with Gasteiger partial charge < -0.3 is 4.84 Å². The van der Waals surface area contributed by atoms with Crippen LogP contribution in [0.5, 0.6) is 0 Å². The first-order valence-electron chi connectivity index (χ1n) is 5.33. The molecular weight excluding hydrogens is 230 g/mol. The van der Waals surface area contributed by atoms with Crippen LogP contribution in [0, 0.1) is 0 Å². The van der Waals surface area contributed by atoms with Gasteiger partial charge in [-0.3, -0.25) is 4.79 Å². The molecule has 0 aliphatic heterocycles. The highest BCUT2D eigenvalue weighted by Gasteiger charge is 2.10. The van der Waals surface area contributed by atoms with Gasteiger partial charge in [0.1, 0.15) is 0 Å². The zero-order chi connectivity index (χ0) is 13.0. The lowest BCUT2D eigenvalue weighted by molar-refractivity contribution is 0.0503. The molecule has 0 aliphatic rings. The Bertz CT molecular complexity index is 561. The maximum atomic E-state index is 12.1. The molecule has 0 spiro atoms. The standard InChI is InChI=1S/C14H11NO3/c15-18-14(17)12-8-6-11(7-9-12)13(16)10-4-2-1-3-5-10/h1-9H,15H2. The molecule has 4 nitrogen and oxygen atoms in total. The fourth-order valence-corrected chi connectivity index (χ4v) is 1.58. The number of hydrogen-bond acceptors (Lipinski definition) is 4. The number of carbonyl (C=O) groups excluding carboxylic acids is 2. The number of ketones is 1. The van der Waals surface area contributed by atoms with E-state index in [1.54, 1.807) is 36.4 Å². The Morgan fingerprint density at radius 2 is 1.28 bits per heavy atom. The van der Waals surface area contributed by atoms with Crippen LogP contribution in [-0.4, -0.2) is 11.8 Å². The van der Waals surface area contributed by atoms with Crippen LogP contribution < -0.4 is 5.90 Å². The SMILES string of the molecule is NOC(=O)c1ccc(C(=O)c2ccccc2)cc1. The highest BCUT2D eigenvalue weighted by Crippen LogP contribution is 2.11. The maximum absolute atomic E-state index is 12.1. The Hall–Kier alpha value is -2.46. The van der Waals surface area contributed by atoms with E-state index in [-0.39, 0.29) is 5.78 Å². The zero-order valence-electron chi connectivity index (χ0n) is 9.50. The predicted octanol–water partition coefficient (Wildman–Crippen LogP) is 1.95. The van der Waals surface area contributed by atoms with Gasteiger partial charge in [0, 0.05) is 11.1 Å². The van der Waals surface area contributed by atoms with Crippen LogP contribution in [0.1, 0.15) is 26.3 Å². The van der Waals surface area contributed by atoms with Crippen LogP contribution in [0.25, 0.3) is 0 Å². The molecule has 0 unspecified atom stereocenters. The summed E-state index contributed by atoms with van der Waals surface area (Å²) in [5.41, 5.74) is 1.42. The van der Waals surface area contributed by atoms with Crippen molar-refractivity contribution in [1.82, 2.24) is 0 Å². The quantitative estimate of drug-likeness (QED) is 0.658. The van der Waals surface area contributed by atoms with Crippen molar-refractivity contribution in [2.24, 2.45) is 5.90 Å². The summed E-state index contributed by atoms with van der Waals surface area (Å²) in [7, 11) is 0. The molecule has 0 amide bonds. The van der Waals surface area contributed by atoms with E-state index in [9.17, 15) is 9.59 Å². The van der Waals surface area contributed by atoms with Crippen LogP contribution in [-0.2, 0) is 4.84 Å². The normalized spacial score (nSPS) is 9.83. The van der Waals surface area contributed by atoms with Gasteiger partial charge >= 0.3 is 5.97 Å². The monoisotopic (exact) mass is 241 g/mol. The third-order valence-electron chi connectivity index (χ3n) is 2.53. The minimum absolute atomic E-state index is 0.0942. The molecule has 2 N–H and O–H groups in total. The van der Waals surface area contributed by atoms with E-state index >= 15 is 0 Å². The summed E-state index contributed by atoms with van der Waals surface area (Å²) < 4.78 is 0. The largest absolute Gasteiger partial charge is 0.370 e. The number of rotatable bonds is 3. The van der Waals surface area contributed by atoms with Gasteiger partial charge in [-0.15, -0.1) is 0 Å². The smallest absolute Gasteiger partial charge is 0.356 e. The molecule has 2 rings (SSSR count). The van der Waals surface area contributed by atoms with E-state index < -0.39 is 5.97 Å². The van der Waals surface area contributed by atoms with Gasteiger partial charge in [0.05, 0.1) is 5.56 Å². The second kappa shape index (κ2) is 5.25. The highest BCUT2D eigenvalue weighted by molar-refractivity contribution is 6.09. The van der Waals surface area contributed by atoms with E-state index in [1.165, 1.54) is 12.1 Å². The molecule has 0 aromatic heterocycles. The Morgan fingerprint density at radius 1 is 0.778 bits per heavy atom. The predicted molar refractivity (Wildman–Crippen MR) is 65.9 cm³/mol. The lowest BCUT2D eigenvalue weighted by Gasteiger charge is -2.02. The molecule has 0 aliphatic carbocycles. The lowest BCUT2D eigenvalue weighted by atomic mass is 10.0. The van der Waals surface area contributed by atoms with Crippen molar-refractivity contribution >= 4 is 11.8 Å². The minimum atomic E-state index is -0.631. The van der Waals surface area contributed by atoms with Crippen molar-refractivity contribution in [2.45, 2.75) is 0 Å². The van der Waals surface area contributed by atoms with Crippen LogP contribution in [0.2, 0.25) is 0 Å². The minimum Gasteiger partial charge on any atom is -0.370 e. The molecule has 0 heterocycles. The first kappa shape index (κ1) is 12.0. The molecule has 90 valence electrons. The fourth-order valence-electron chi connectivity index (χ4n) is 1.58. The summed E-state index contributed by atoms with van der Waals surface area (Å²) in [6, 6.07) is 15.1. The van der Waals surface area contributed by atoms with E-state index in [0.29, 0.717) is 16.7 Å². The molecule has 0 saturated heterocycles. The van der Waals surface area contributed by atoms with Gasteiger partial charge in [-0.1, -0.05) is 42.5 Å². The van der Waals surface area contributed by atoms with Crippen molar-refractivity contribution in [2.75, 3.05) is 0 Å². The summed E-state index contributed by atoms with van der Waals surface area (Å²) in [5, 5.41) is 0. The third-order valence-corrected chi connectivity index (χ3v) is 2.53. The second-order valence-electron chi connectivity index (χ2n) is 3.68. The van der Waals surface area contributed by atoms with Gasteiger partial charge in [0.25, 0.3) is 0 Å². The Kier molecular flexibility index (Phi) is 3.50. The molecule has 0 atom stereocenters. The molecule has 0 saturated carbocycles. The molecule has 18 heavy (non-hydrogen) atoms. The van der Waals surface area contributed by atoms with Crippen LogP contribution in [0.4, 0.5) is 0 Å². The third kappa shape index (κ3) is 2.44. The zero-order valence-corrected chi connectivity index (χ0v) is 9.50. The summed E-state index contributed by atoms with van der Waals surface area (Å²) in [6.07, 6.45) is 0. The van der Waals surface area contributed by atoms with Gasteiger partial charge in [-0.05, 0) is 12.1 Å². The van der Waals surface area contributed by atoms with Crippen molar-refractivity contribution in [3.05, 3.63) is 71.3 Å². The van der Waals surface area contributed by atoms with Gasteiger partial charge in [0.15, 0.2) is 5.78 Å². The van der Waals surface area contributed by atoms with E-state index in [4.69, 9.17) is 5.90 Å². The van der Waals surface area contributed by atoms with E-state index in [1.807, 2.05) is 6.07 Å². The van der Waals surface area contributed by atoms with Gasteiger partial charge in [-0.25, -0.2) is 4.79 Å². The summed E-state index contributed by atoms with van der Waals surface area (Å²) in [5.74, 6) is 4.05. The summed E-state index contributed by atoms with van der Waals surface area (Å²) >= 11 is 0. The number of benzene rings is 2. The topological polar surface area (TPSA) is 69.4 Å². The Labute approximate surface area is 104 Å². The molecule has 0 bridgehead atoms. The van der Waals surface area contributed by atoms with Gasteiger partial charge in [-0.2, -0.15) is 5.90 Å². The number of hydrogen-bond donors (Lipinski definition) is 1. The molecule has 0 radical (unpaired) electrons. The second-order valence-corrected chi connectivity index (χ2v) is 3.68. The van der Waals surface area contributed by atoms with Crippen molar-refractivity contribution < 1.29 is 14.4 Å². The fraction of sp³-hybridized carbons (Fsp3) is 0. The van der Waals surface area contributed by atoms with Crippen molar-refractivity contribution in [3.63, 3.8) is 0 Å². The van der Waals surface area contributed by atoms with E-state index in [0.717, 1.165) is 0 Å². The molecule has 0 fully saturated rings. The Morgan fingerprint density at radius 3 is 1.83 bits per heavy atom. The average molecular weight is 241 g/mol. The molecule has 2 aromatic rings. The number of carbonyl (C=O) groups is 2. The van der Waals surface area contributed by atoms with Crippen molar-refractivity contribution in [1.29, 1.82) is 0 Å². The highest BCUT2D eigenvalue weighted by atomic mass is 16.7. The van der Waals surface area contributed by atoms with E-state index in [2.05, 4.69) is 4.84 Å². The Balaban J connectivity index is 2.25. The first-order valence-corrected chi connectivity index (χ1v) is 5.33. The van der Waals surface area contributed by atoms with Gasteiger partial charge in [0.2, 0.25) is 0 Å². The molecule has 2 aromatic carbocycles. The molecule has 4 heteroatoms. The summed E-state index contributed by atoms with van der Waals surface area (Å²) in [6.45, 7) is 0. The molecular formula is C14H11NO3. The van der Waals surface area contributed by atoms with Crippen LogP contribution in [0.3, 0.4) is 0 Å². The maximum Gasteiger partial charge on any atom is 0.356 e. The average Bonchev–Trinajstić information content (AvgIpc) is 2.47. The first-order chi connectivity index (χ1) is 8.72. The number of nitrogens with two attached hydrogens (primary N) is 1. The lowest BCUT2D eigenvalue weighted by Crippen LogP contribution is -2.10. The van der Waals surface area contributed by atoms with Crippen molar-refractivity contribution in [3.8, 4) is 0 Å². The summed E-state index contributed by atoms with van der Waals surface area (Å²) in [4.78, 5) is 27.3.